The van der Waals surface area contributed by atoms with Crippen molar-refractivity contribution in [1.82, 2.24) is 10.2 Å². The Hall–Kier alpha value is -1.06. The van der Waals surface area contributed by atoms with E-state index < -0.39 is 0 Å². The first-order valence-electron chi connectivity index (χ1n) is 6.29. The van der Waals surface area contributed by atoms with E-state index in [-0.39, 0.29) is 0 Å². The van der Waals surface area contributed by atoms with Gasteiger partial charge in [0, 0.05) is 12.6 Å². The van der Waals surface area contributed by atoms with E-state index in [4.69, 9.17) is 4.74 Å². The van der Waals surface area contributed by atoms with Gasteiger partial charge < -0.3 is 15.0 Å². The first-order chi connectivity index (χ1) is 8.21. The lowest BCUT2D eigenvalue weighted by atomic mass is 10.1. The van der Waals surface area contributed by atoms with Crippen molar-refractivity contribution in [1.29, 1.82) is 0 Å². The van der Waals surface area contributed by atoms with Crippen LogP contribution in [0.15, 0.2) is 24.3 Å². The molecule has 0 saturated heterocycles. The molecule has 96 valence electrons. The molecule has 0 heterocycles. The van der Waals surface area contributed by atoms with Crippen molar-refractivity contribution in [2.45, 2.75) is 19.9 Å². The highest BCUT2D eigenvalue weighted by atomic mass is 16.5. The van der Waals surface area contributed by atoms with E-state index in [0.29, 0.717) is 12.6 Å². The molecule has 3 heteroatoms. The minimum atomic E-state index is 0.371. The number of benzene rings is 1. The number of hydrogen-bond donors (Lipinski definition) is 1. The summed E-state index contributed by atoms with van der Waals surface area (Å²) in [5.74, 6) is 0.940. The zero-order valence-electron chi connectivity index (χ0n) is 11.4. The molecular weight excluding hydrogens is 212 g/mol. The molecule has 1 unspecified atom stereocenters. The van der Waals surface area contributed by atoms with Crippen molar-refractivity contribution in [2.75, 3.05) is 33.8 Å². The maximum atomic E-state index is 5.45. The molecule has 0 spiro atoms. The van der Waals surface area contributed by atoms with Gasteiger partial charge in [0.15, 0.2) is 0 Å². The fraction of sp³-hybridized carbons (Fsp3) is 0.571. The number of ether oxygens (including phenoxy) is 1. The number of nitrogens with zero attached hydrogens (tertiary/aromatic N) is 1. The van der Waals surface area contributed by atoms with E-state index >= 15 is 0 Å². The van der Waals surface area contributed by atoms with E-state index in [2.05, 4.69) is 36.3 Å². The molecular formula is C14H24N2O. The van der Waals surface area contributed by atoms with Crippen LogP contribution in [-0.2, 0) is 0 Å². The first-order valence-corrected chi connectivity index (χ1v) is 6.29. The van der Waals surface area contributed by atoms with Crippen molar-refractivity contribution < 1.29 is 4.74 Å². The van der Waals surface area contributed by atoms with Gasteiger partial charge in [0.2, 0.25) is 0 Å². The van der Waals surface area contributed by atoms with Crippen molar-refractivity contribution >= 4 is 0 Å². The first kappa shape index (κ1) is 14.0. The number of hydrogen-bond acceptors (Lipinski definition) is 3. The molecule has 0 aliphatic carbocycles. The molecule has 0 radical (unpaired) electrons. The molecule has 1 aromatic carbocycles. The Bertz CT molecular complexity index is 311. The van der Waals surface area contributed by atoms with Crippen LogP contribution in [0.3, 0.4) is 0 Å². The number of nitrogens with one attached hydrogen (secondary N) is 1. The highest BCUT2D eigenvalue weighted by molar-refractivity contribution is 5.29. The molecule has 17 heavy (non-hydrogen) atoms. The fourth-order valence-corrected chi connectivity index (χ4v) is 1.77. The van der Waals surface area contributed by atoms with Crippen LogP contribution in [0.4, 0.5) is 0 Å². The van der Waals surface area contributed by atoms with Crippen LogP contribution in [-0.4, -0.2) is 38.7 Å². The van der Waals surface area contributed by atoms with Gasteiger partial charge >= 0.3 is 0 Å². The lowest BCUT2D eigenvalue weighted by Gasteiger charge is -2.23. The van der Waals surface area contributed by atoms with Gasteiger partial charge in [-0.15, -0.1) is 0 Å². The van der Waals surface area contributed by atoms with Gasteiger partial charge in [-0.05, 0) is 45.3 Å². The third-order valence-corrected chi connectivity index (χ3v) is 2.98. The summed E-state index contributed by atoms with van der Waals surface area (Å²) in [4.78, 5) is 2.30. The third kappa shape index (κ3) is 4.36. The van der Waals surface area contributed by atoms with E-state index in [1.807, 2.05) is 26.1 Å². The van der Waals surface area contributed by atoms with Crippen molar-refractivity contribution in [2.24, 2.45) is 0 Å². The van der Waals surface area contributed by atoms with Gasteiger partial charge in [-0.3, -0.25) is 0 Å². The van der Waals surface area contributed by atoms with E-state index in [0.717, 1.165) is 18.8 Å². The molecule has 0 fully saturated rings. The lowest BCUT2D eigenvalue weighted by molar-refractivity contribution is 0.310. The summed E-state index contributed by atoms with van der Waals surface area (Å²) in [6.45, 7) is 6.97. The lowest BCUT2D eigenvalue weighted by Crippen LogP contribution is -2.31. The van der Waals surface area contributed by atoms with Crippen LogP contribution in [0.5, 0.6) is 5.75 Å². The Morgan fingerprint density at radius 2 is 1.88 bits per heavy atom. The quantitative estimate of drug-likeness (QED) is 0.786. The molecule has 1 aromatic rings. The molecule has 1 rings (SSSR count). The van der Waals surface area contributed by atoms with Crippen LogP contribution in [0.2, 0.25) is 0 Å². The Kier molecular flexibility index (Phi) is 6.01. The molecule has 1 N–H and O–H groups in total. The molecule has 3 nitrogen and oxygen atoms in total. The fourth-order valence-electron chi connectivity index (χ4n) is 1.77. The van der Waals surface area contributed by atoms with E-state index in [1.165, 1.54) is 5.56 Å². The second-order valence-corrected chi connectivity index (χ2v) is 4.20. The summed E-state index contributed by atoms with van der Waals surface area (Å²) in [6, 6.07) is 8.71. The second kappa shape index (κ2) is 7.30. The predicted octanol–water partition coefficient (Wildman–Crippen LogP) is 2.30. The largest absolute Gasteiger partial charge is 0.494 e. The second-order valence-electron chi connectivity index (χ2n) is 4.20. The van der Waals surface area contributed by atoms with Gasteiger partial charge in [-0.1, -0.05) is 19.1 Å². The maximum Gasteiger partial charge on any atom is 0.119 e. The van der Waals surface area contributed by atoms with Crippen LogP contribution in [0, 0.1) is 0 Å². The van der Waals surface area contributed by atoms with Gasteiger partial charge in [-0.2, -0.15) is 0 Å². The summed E-state index contributed by atoms with van der Waals surface area (Å²) in [5, 5.41) is 3.35. The van der Waals surface area contributed by atoms with Gasteiger partial charge in [-0.25, -0.2) is 0 Å². The predicted molar refractivity (Wildman–Crippen MR) is 72.6 cm³/mol. The zero-order chi connectivity index (χ0) is 12.7. The topological polar surface area (TPSA) is 24.5 Å². The molecule has 0 amide bonds. The highest BCUT2D eigenvalue weighted by Gasteiger charge is 2.10. The average molecular weight is 236 g/mol. The zero-order valence-corrected chi connectivity index (χ0v) is 11.4. The number of likely N-dealkylation sites (N-methyl/N-ethyl adjacent to an activating group) is 2. The van der Waals surface area contributed by atoms with Crippen LogP contribution in [0.1, 0.15) is 25.5 Å². The summed E-state index contributed by atoms with van der Waals surface area (Å²) in [6.07, 6.45) is 0. The monoisotopic (exact) mass is 236 g/mol. The Balaban J connectivity index is 2.68. The van der Waals surface area contributed by atoms with Gasteiger partial charge in [0.05, 0.1) is 6.61 Å². The average Bonchev–Trinajstić information content (AvgIpc) is 2.37. The Morgan fingerprint density at radius 3 is 2.35 bits per heavy atom. The normalized spacial score (nSPS) is 12.8. The number of rotatable bonds is 7. The summed E-state index contributed by atoms with van der Waals surface area (Å²) < 4.78 is 5.45. The van der Waals surface area contributed by atoms with Crippen LogP contribution < -0.4 is 10.1 Å². The Labute approximate surface area is 105 Å². The third-order valence-electron chi connectivity index (χ3n) is 2.98. The smallest absolute Gasteiger partial charge is 0.119 e. The molecule has 0 saturated carbocycles. The SMILES string of the molecule is CCOc1ccc(C(CN(C)CC)NC)cc1. The van der Waals surface area contributed by atoms with Gasteiger partial charge in [0.25, 0.3) is 0 Å². The maximum absolute atomic E-state index is 5.45. The minimum Gasteiger partial charge on any atom is -0.494 e. The minimum absolute atomic E-state index is 0.371. The highest BCUT2D eigenvalue weighted by Crippen LogP contribution is 2.18. The summed E-state index contributed by atoms with van der Waals surface area (Å²) in [5.41, 5.74) is 1.30. The molecule has 0 aromatic heterocycles. The molecule has 0 aliphatic rings. The molecule has 0 aliphatic heterocycles. The van der Waals surface area contributed by atoms with Crippen molar-refractivity contribution in [3.63, 3.8) is 0 Å². The summed E-state index contributed by atoms with van der Waals surface area (Å²) >= 11 is 0. The standard InChI is InChI=1S/C14H24N2O/c1-5-16(4)11-14(15-3)12-7-9-13(10-8-12)17-6-2/h7-10,14-15H,5-6,11H2,1-4H3. The van der Waals surface area contributed by atoms with E-state index in [9.17, 15) is 0 Å². The van der Waals surface area contributed by atoms with Crippen molar-refractivity contribution in [3.8, 4) is 5.75 Å². The molecule has 1 atom stereocenters. The van der Waals surface area contributed by atoms with E-state index in [1.54, 1.807) is 0 Å². The Morgan fingerprint density at radius 1 is 1.24 bits per heavy atom. The van der Waals surface area contributed by atoms with Crippen molar-refractivity contribution in [3.05, 3.63) is 29.8 Å². The summed E-state index contributed by atoms with van der Waals surface area (Å²) in [7, 11) is 4.14. The van der Waals surface area contributed by atoms with Crippen LogP contribution in [0.25, 0.3) is 0 Å². The van der Waals surface area contributed by atoms with Gasteiger partial charge in [0.1, 0.15) is 5.75 Å². The molecule has 0 bridgehead atoms. The van der Waals surface area contributed by atoms with Crippen LogP contribution >= 0.6 is 0 Å².